The fourth-order valence-electron chi connectivity index (χ4n) is 1.87. The Kier molecular flexibility index (Phi) is 12.2. The second-order valence-corrected chi connectivity index (χ2v) is 4.90. The van der Waals surface area contributed by atoms with E-state index in [1.165, 1.54) is 0 Å². The first-order valence-electron chi connectivity index (χ1n) is 8.06. The third-order valence-electron chi connectivity index (χ3n) is 2.97. The summed E-state index contributed by atoms with van der Waals surface area (Å²) in [6.45, 7) is 5.80. The fourth-order valence-corrected chi connectivity index (χ4v) is 1.87. The molecule has 0 rings (SSSR count). The molecule has 0 radical (unpaired) electrons. The Balaban J connectivity index is 4.28. The number of carbonyl (C=O) groups is 3. The molecule has 0 amide bonds. The molecule has 0 aromatic heterocycles. The lowest BCUT2D eigenvalue weighted by Gasteiger charge is -2.15. The van der Waals surface area contributed by atoms with Crippen LogP contribution in [-0.4, -0.2) is 37.2 Å². The molecule has 0 aliphatic carbocycles. The van der Waals surface area contributed by atoms with Crippen LogP contribution in [0.1, 0.15) is 65.7 Å². The van der Waals surface area contributed by atoms with Crippen molar-refractivity contribution in [1.29, 1.82) is 0 Å². The van der Waals surface area contributed by atoms with Crippen LogP contribution in [0.25, 0.3) is 0 Å². The van der Waals surface area contributed by atoms with Crippen LogP contribution in [-0.2, 0) is 28.6 Å². The summed E-state index contributed by atoms with van der Waals surface area (Å²) < 4.78 is 14.7. The SMILES string of the molecule is CCCCCCCC(=O)O[C@H](CC(=O)OCC)C(=O)OCC. The van der Waals surface area contributed by atoms with Gasteiger partial charge in [0.2, 0.25) is 6.10 Å². The first kappa shape index (κ1) is 20.4. The van der Waals surface area contributed by atoms with Crippen molar-refractivity contribution >= 4 is 17.9 Å². The van der Waals surface area contributed by atoms with Crippen molar-refractivity contribution in [1.82, 2.24) is 0 Å². The first-order chi connectivity index (χ1) is 10.5. The molecule has 0 bridgehead atoms. The molecule has 22 heavy (non-hydrogen) atoms. The molecule has 0 heterocycles. The molecule has 0 N–H and O–H groups in total. The molecule has 0 saturated carbocycles. The zero-order chi connectivity index (χ0) is 16.8. The Morgan fingerprint density at radius 1 is 0.818 bits per heavy atom. The van der Waals surface area contributed by atoms with Crippen LogP contribution in [0.4, 0.5) is 0 Å². The summed E-state index contributed by atoms with van der Waals surface area (Å²) in [5.41, 5.74) is 0. The summed E-state index contributed by atoms with van der Waals surface area (Å²) in [5, 5.41) is 0. The van der Waals surface area contributed by atoms with E-state index in [1.54, 1.807) is 13.8 Å². The number of unbranched alkanes of at least 4 members (excludes halogenated alkanes) is 4. The lowest BCUT2D eigenvalue weighted by Crippen LogP contribution is -2.32. The van der Waals surface area contributed by atoms with Crippen LogP contribution in [0.3, 0.4) is 0 Å². The third kappa shape index (κ3) is 10.2. The van der Waals surface area contributed by atoms with Crippen molar-refractivity contribution < 1.29 is 28.6 Å². The topological polar surface area (TPSA) is 78.9 Å². The highest BCUT2D eigenvalue weighted by atomic mass is 16.6. The van der Waals surface area contributed by atoms with Crippen LogP contribution in [0.5, 0.6) is 0 Å². The smallest absolute Gasteiger partial charge is 0.348 e. The standard InChI is InChI=1S/C16H28O6/c1-4-7-8-9-10-11-14(17)22-13(16(19)21-6-3)12-15(18)20-5-2/h13H,4-12H2,1-3H3/t13-/m1/s1. The Morgan fingerprint density at radius 3 is 2.05 bits per heavy atom. The van der Waals surface area contributed by atoms with Gasteiger partial charge in [-0.05, 0) is 20.3 Å². The molecular formula is C16H28O6. The van der Waals surface area contributed by atoms with E-state index < -0.39 is 24.0 Å². The molecule has 0 saturated heterocycles. The third-order valence-corrected chi connectivity index (χ3v) is 2.97. The van der Waals surface area contributed by atoms with E-state index in [1.807, 2.05) is 0 Å². The molecule has 0 aliphatic rings. The van der Waals surface area contributed by atoms with E-state index in [0.29, 0.717) is 6.42 Å². The minimum Gasteiger partial charge on any atom is -0.466 e. The molecular weight excluding hydrogens is 288 g/mol. The van der Waals surface area contributed by atoms with Crippen LogP contribution in [0, 0.1) is 0 Å². The highest BCUT2D eigenvalue weighted by Gasteiger charge is 2.27. The fraction of sp³-hybridized carbons (Fsp3) is 0.812. The molecule has 1 atom stereocenters. The molecule has 0 aromatic carbocycles. The number of ether oxygens (including phenoxy) is 3. The van der Waals surface area contributed by atoms with Gasteiger partial charge in [-0.3, -0.25) is 9.59 Å². The summed E-state index contributed by atoms with van der Waals surface area (Å²) >= 11 is 0. The largest absolute Gasteiger partial charge is 0.466 e. The Labute approximate surface area is 132 Å². The number of carbonyl (C=O) groups excluding carboxylic acids is 3. The van der Waals surface area contributed by atoms with Crippen molar-refractivity contribution in [3.8, 4) is 0 Å². The van der Waals surface area contributed by atoms with Gasteiger partial charge in [0.05, 0.1) is 19.6 Å². The average Bonchev–Trinajstić information content (AvgIpc) is 2.47. The monoisotopic (exact) mass is 316 g/mol. The lowest BCUT2D eigenvalue weighted by atomic mass is 10.1. The van der Waals surface area contributed by atoms with Crippen molar-refractivity contribution in [3.05, 3.63) is 0 Å². The van der Waals surface area contributed by atoms with Crippen LogP contribution >= 0.6 is 0 Å². The molecule has 0 unspecified atom stereocenters. The number of esters is 3. The first-order valence-corrected chi connectivity index (χ1v) is 8.06. The van der Waals surface area contributed by atoms with E-state index in [4.69, 9.17) is 14.2 Å². The summed E-state index contributed by atoms with van der Waals surface area (Å²) in [4.78, 5) is 34.9. The Hall–Kier alpha value is -1.59. The second-order valence-electron chi connectivity index (χ2n) is 4.90. The van der Waals surface area contributed by atoms with Crippen molar-refractivity contribution in [2.24, 2.45) is 0 Å². The van der Waals surface area contributed by atoms with Gasteiger partial charge in [-0.25, -0.2) is 4.79 Å². The van der Waals surface area contributed by atoms with Gasteiger partial charge in [0.15, 0.2) is 0 Å². The van der Waals surface area contributed by atoms with Gasteiger partial charge in [0.1, 0.15) is 0 Å². The zero-order valence-corrected chi connectivity index (χ0v) is 13.9. The van der Waals surface area contributed by atoms with Crippen molar-refractivity contribution in [2.75, 3.05) is 13.2 Å². The van der Waals surface area contributed by atoms with Gasteiger partial charge in [-0.15, -0.1) is 0 Å². The summed E-state index contributed by atoms with van der Waals surface area (Å²) in [5.74, 6) is -1.79. The van der Waals surface area contributed by atoms with Gasteiger partial charge < -0.3 is 14.2 Å². The predicted molar refractivity (Wildman–Crippen MR) is 81.1 cm³/mol. The van der Waals surface area contributed by atoms with Gasteiger partial charge in [-0.2, -0.15) is 0 Å². The Bertz CT molecular complexity index is 340. The lowest BCUT2D eigenvalue weighted by molar-refractivity contribution is -0.171. The minimum absolute atomic E-state index is 0.159. The number of rotatable bonds is 12. The summed E-state index contributed by atoms with van der Waals surface area (Å²) in [7, 11) is 0. The molecule has 128 valence electrons. The number of hydrogen-bond donors (Lipinski definition) is 0. The molecule has 0 aliphatic heterocycles. The van der Waals surface area contributed by atoms with E-state index in [-0.39, 0.29) is 26.1 Å². The van der Waals surface area contributed by atoms with Gasteiger partial charge in [-0.1, -0.05) is 32.6 Å². The maximum Gasteiger partial charge on any atom is 0.348 e. The van der Waals surface area contributed by atoms with E-state index >= 15 is 0 Å². The summed E-state index contributed by atoms with van der Waals surface area (Å²) in [6, 6.07) is 0. The van der Waals surface area contributed by atoms with Crippen molar-refractivity contribution in [3.63, 3.8) is 0 Å². The maximum atomic E-state index is 11.8. The van der Waals surface area contributed by atoms with Crippen LogP contribution < -0.4 is 0 Å². The molecule has 6 nitrogen and oxygen atoms in total. The molecule has 0 fully saturated rings. The highest BCUT2D eigenvalue weighted by Crippen LogP contribution is 2.09. The number of hydrogen-bond acceptors (Lipinski definition) is 6. The highest BCUT2D eigenvalue weighted by molar-refractivity contribution is 5.84. The van der Waals surface area contributed by atoms with Crippen LogP contribution in [0.15, 0.2) is 0 Å². The van der Waals surface area contributed by atoms with Gasteiger partial charge in [0, 0.05) is 6.42 Å². The normalized spacial score (nSPS) is 11.6. The molecule has 0 aromatic rings. The maximum absolute atomic E-state index is 11.8. The van der Waals surface area contributed by atoms with Crippen molar-refractivity contribution in [2.45, 2.75) is 71.8 Å². The minimum atomic E-state index is -1.22. The van der Waals surface area contributed by atoms with Gasteiger partial charge in [0.25, 0.3) is 0 Å². The quantitative estimate of drug-likeness (QED) is 0.313. The zero-order valence-electron chi connectivity index (χ0n) is 13.9. The predicted octanol–water partition coefficient (Wildman–Crippen LogP) is 2.78. The van der Waals surface area contributed by atoms with E-state index in [2.05, 4.69) is 6.92 Å². The van der Waals surface area contributed by atoms with E-state index in [0.717, 1.165) is 25.7 Å². The van der Waals surface area contributed by atoms with E-state index in [9.17, 15) is 14.4 Å². The second kappa shape index (κ2) is 13.1. The summed E-state index contributed by atoms with van der Waals surface area (Å²) in [6.07, 6.45) is 3.73. The van der Waals surface area contributed by atoms with Crippen LogP contribution in [0.2, 0.25) is 0 Å². The van der Waals surface area contributed by atoms with Gasteiger partial charge >= 0.3 is 17.9 Å². The average molecular weight is 316 g/mol. The molecule has 6 heteroatoms. The Morgan fingerprint density at radius 2 is 1.45 bits per heavy atom. The molecule has 0 spiro atoms.